The molecule has 1 aliphatic heterocycles. The number of carboxylic acids is 1. The van der Waals surface area contributed by atoms with E-state index in [1.165, 1.54) is 0 Å². The Hall–Kier alpha value is -2.04. The van der Waals surface area contributed by atoms with Gasteiger partial charge in [-0.2, -0.15) is 0 Å². The lowest BCUT2D eigenvalue weighted by atomic mass is 9.99. The van der Waals surface area contributed by atoms with Crippen molar-refractivity contribution in [2.75, 3.05) is 18.5 Å². The highest BCUT2D eigenvalue weighted by molar-refractivity contribution is 5.95. The van der Waals surface area contributed by atoms with Gasteiger partial charge in [0.2, 0.25) is 0 Å². The van der Waals surface area contributed by atoms with E-state index < -0.39 is 5.97 Å². The average molecular weight is 290 g/mol. The Bertz CT molecular complexity index is 556. The highest BCUT2D eigenvalue weighted by Gasteiger charge is 2.27. The summed E-state index contributed by atoms with van der Waals surface area (Å²) in [5.74, 6) is -0.932. The molecule has 0 aromatic heterocycles. The van der Waals surface area contributed by atoms with Gasteiger partial charge in [0.25, 0.3) is 0 Å². The van der Waals surface area contributed by atoms with Crippen molar-refractivity contribution in [3.63, 3.8) is 0 Å². The van der Waals surface area contributed by atoms with Crippen LogP contribution in [0.1, 0.15) is 42.6 Å². The molecule has 2 rings (SSSR count). The Kier molecular flexibility index (Phi) is 4.50. The van der Waals surface area contributed by atoms with Gasteiger partial charge in [-0.05, 0) is 49.9 Å². The summed E-state index contributed by atoms with van der Waals surface area (Å²) in [5, 5.41) is 9.07. The molecule has 21 heavy (non-hydrogen) atoms. The number of rotatable bonds is 3. The number of anilines is 1. The van der Waals surface area contributed by atoms with Crippen molar-refractivity contribution < 1.29 is 14.7 Å². The van der Waals surface area contributed by atoms with Gasteiger partial charge in [-0.1, -0.05) is 6.92 Å². The van der Waals surface area contributed by atoms with Crippen LogP contribution in [0.5, 0.6) is 0 Å². The van der Waals surface area contributed by atoms with E-state index in [1.54, 1.807) is 28.0 Å². The molecule has 0 fully saturated rings. The number of carboxylic acid groups (broad SMARTS) is 1. The number of aryl methyl sites for hydroxylation is 1. The van der Waals surface area contributed by atoms with Gasteiger partial charge >= 0.3 is 12.0 Å². The lowest BCUT2D eigenvalue weighted by Crippen LogP contribution is -2.47. The van der Waals surface area contributed by atoms with Crippen LogP contribution in [0.4, 0.5) is 10.5 Å². The zero-order chi connectivity index (χ0) is 15.6. The summed E-state index contributed by atoms with van der Waals surface area (Å²) in [6.07, 6.45) is 2.57. The monoisotopic (exact) mass is 290 g/mol. The standard InChI is InChI=1S/C16H22N2O3/c1-4-11(2)17(3)16(21)18-9-5-6-12-10-13(15(19)20)7-8-14(12)18/h7-8,10-11H,4-6,9H2,1-3H3,(H,19,20). The van der Waals surface area contributed by atoms with Gasteiger partial charge in [0.05, 0.1) is 5.56 Å². The summed E-state index contributed by atoms with van der Waals surface area (Å²) in [5.41, 5.74) is 2.05. The number of fused-ring (bicyclic) bond motifs is 1. The normalized spacial score (nSPS) is 15.3. The Morgan fingerprint density at radius 1 is 1.43 bits per heavy atom. The van der Waals surface area contributed by atoms with E-state index in [0.717, 1.165) is 30.5 Å². The minimum Gasteiger partial charge on any atom is -0.478 e. The highest BCUT2D eigenvalue weighted by atomic mass is 16.4. The van der Waals surface area contributed by atoms with Crippen LogP contribution >= 0.6 is 0 Å². The van der Waals surface area contributed by atoms with Crippen LogP contribution in [-0.2, 0) is 6.42 Å². The van der Waals surface area contributed by atoms with E-state index in [0.29, 0.717) is 6.54 Å². The van der Waals surface area contributed by atoms with Crippen molar-refractivity contribution in [3.05, 3.63) is 29.3 Å². The van der Waals surface area contributed by atoms with Crippen LogP contribution in [-0.4, -0.2) is 41.6 Å². The summed E-state index contributed by atoms with van der Waals surface area (Å²) in [7, 11) is 1.82. The first-order valence-corrected chi connectivity index (χ1v) is 7.36. The first-order valence-electron chi connectivity index (χ1n) is 7.36. The van der Waals surface area contributed by atoms with Crippen molar-refractivity contribution in [3.8, 4) is 0 Å². The van der Waals surface area contributed by atoms with Gasteiger partial charge in [-0.15, -0.1) is 0 Å². The fraction of sp³-hybridized carbons (Fsp3) is 0.500. The number of amides is 2. The molecule has 1 N–H and O–H groups in total. The van der Waals surface area contributed by atoms with Crippen molar-refractivity contribution >= 4 is 17.7 Å². The van der Waals surface area contributed by atoms with E-state index in [1.807, 2.05) is 14.0 Å². The van der Waals surface area contributed by atoms with Crippen molar-refractivity contribution in [1.29, 1.82) is 0 Å². The molecule has 0 saturated heterocycles. The molecule has 0 spiro atoms. The molecule has 2 amide bonds. The molecule has 0 bridgehead atoms. The van der Waals surface area contributed by atoms with E-state index in [4.69, 9.17) is 5.11 Å². The van der Waals surface area contributed by atoms with Gasteiger partial charge in [-0.3, -0.25) is 4.90 Å². The highest BCUT2D eigenvalue weighted by Crippen LogP contribution is 2.29. The smallest absolute Gasteiger partial charge is 0.335 e. The third kappa shape index (κ3) is 3.01. The summed E-state index contributed by atoms with van der Waals surface area (Å²) in [6.45, 7) is 4.76. The van der Waals surface area contributed by atoms with E-state index in [2.05, 4.69) is 6.92 Å². The lowest BCUT2D eigenvalue weighted by Gasteiger charge is -2.35. The second-order valence-corrected chi connectivity index (χ2v) is 5.55. The predicted molar refractivity (Wildman–Crippen MR) is 82.0 cm³/mol. The first-order chi connectivity index (χ1) is 9.95. The molecule has 0 aliphatic carbocycles. The van der Waals surface area contributed by atoms with E-state index >= 15 is 0 Å². The van der Waals surface area contributed by atoms with Gasteiger partial charge in [-0.25, -0.2) is 9.59 Å². The molecule has 0 saturated carbocycles. The Morgan fingerprint density at radius 3 is 2.76 bits per heavy atom. The molecular weight excluding hydrogens is 268 g/mol. The molecule has 1 aliphatic rings. The Morgan fingerprint density at radius 2 is 2.14 bits per heavy atom. The fourth-order valence-corrected chi connectivity index (χ4v) is 2.58. The van der Waals surface area contributed by atoms with Crippen LogP contribution in [0.25, 0.3) is 0 Å². The quantitative estimate of drug-likeness (QED) is 0.931. The Labute approximate surface area is 125 Å². The molecule has 5 nitrogen and oxygen atoms in total. The van der Waals surface area contributed by atoms with Crippen molar-refractivity contribution in [2.24, 2.45) is 0 Å². The zero-order valence-corrected chi connectivity index (χ0v) is 12.8. The van der Waals surface area contributed by atoms with E-state index in [-0.39, 0.29) is 17.6 Å². The summed E-state index contributed by atoms with van der Waals surface area (Å²) in [6, 6.07) is 5.16. The maximum absolute atomic E-state index is 12.6. The molecule has 1 atom stereocenters. The topological polar surface area (TPSA) is 60.9 Å². The number of nitrogens with zero attached hydrogens (tertiary/aromatic N) is 2. The second-order valence-electron chi connectivity index (χ2n) is 5.55. The zero-order valence-electron chi connectivity index (χ0n) is 12.8. The molecule has 1 aromatic rings. The largest absolute Gasteiger partial charge is 0.478 e. The second kappa shape index (κ2) is 6.16. The number of benzene rings is 1. The van der Waals surface area contributed by atoms with Crippen LogP contribution < -0.4 is 4.90 Å². The first kappa shape index (κ1) is 15.4. The maximum Gasteiger partial charge on any atom is 0.335 e. The number of urea groups is 1. The van der Waals surface area contributed by atoms with Crippen LogP contribution in [0.2, 0.25) is 0 Å². The number of carbonyl (C=O) groups excluding carboxylic acids is 1. The summed E-state index contributed by atoms with van der Waals surface area (Å²) < 4.78 is 0. The number of carbonyl (C=O) groups is 2. The SMILES string of the molecule is CCC(C)N(C)C(=O)N1CCCc2cc(C(=O)O)ccc21. The third-order valence-electron chi connectivity index (χ3n) is 4.23. The van der Waals surface area contributed by atoms with Crippen LogP contribution in [0.15, 0.2) is 18.2 Å². The number of hydrogen-bond acceptors (Lipinski definition) is 2. The number of aromatic carboxylic acids is 1. The predicted octanol–water partition coefficient (Wildman–Crippen LogP) is 2.99. The van der Waals surface area contributed by atoms with Gasteiger partial charge in [0.15, 0.2) is 0 Å². The molecule has 0 radical (unpaired) electrons. The molecule has 1 unspecified atom stereocenters. The summed E-state index contributed by atoms with van der Waals surface area (Å²) in [4.78, 5) is 27.2. The molecule has 1 heterocycles. The van der Waals surface area contributed by atoms with Gasteiger partial charge in [0, 0.05) is 25.3 Å². The fourth-order valence-electron chi connectivity index (χ4n) is 2.58. The van der Waals surface area contributed by atoms with E-state index in [9.17, 15) is 9.59 Å². The molecular formula is C16H22N2O3. The average Bonchev–Trinajstić information content (AvgIpc) is 2.51. The molecule has 114 valence electrons. The van der Waals surface area contributed by atoms with Crippen molar-refractivity contribution in [1.82, 2.24) is 4.90 Å². The molecule has 1 aromatic carbocycles. The maximum atomic E-state index is 12.6. The van der Waals surface area contributed by atoms with Crippen molar-refractivity contribution in [2.45, 2.75) is 39.2 Å². The molecule has 5 heteroatoms. The minimum absolute atomic E-state index is 0.0200. The summed E-state index contributed by atoms with van der Waals surface area (Å²) >= 11 is 0. The number of hydrogen-bond donors (Lipinski definition) is 1. The van der Waals surface area contributed by atoms with Crippen LogP contribution in [0, 0.1) is 0 Å². The minimum atomic E-state index is -0.932. The van der Waals surface area contributed by atoms with Gasteiger partial charge < -0.3 is 10.0 Å². The van der Waals surface area contributed by atoms with Gasteiger partial charge in [0.1, 0.15) is 0 Å². The van der Waals surface area contributed by atoms with Crippen LogP contribution in [0.3, 0.4) is 0 Å². The lowest BCUT2D eigenvalue weighted by molar-refractivity contribution is 0.0696. The Balaban J connectivity index is 2.30. The third-order valence-corrected chi connectivity index (χ3v) is 4.23.